The van der Waals surface area contributed by atoms with Gasteiger partial charge in [0.15, 0.2) is 17.3 Å². The summed E-state index contributed by atoms with van der Waals surface area (Å²) in [7, 11) is 0. The van der Waals surface area contributed by atoms with Crippen molar-refractivity contribution < 1.29 is 33.6 Å². The van der Waals surface area contributed by atoms with Crippen LogP contribution in [0.25, 0.3) is 0 Å². The molecule has 0 aromatic heterocycles. The third-order valence-corrected chi connectivity index (χ3v) is 4.55. The number of nitrogens with zero attached hydrogens (tertiary/aromatic N) is 2. The molecule has 3 rings (SSSR count). The van der Waals surface area contributed by atoms with Gasteiger partial charge in [-0.3, -0.25) is 29.8 Å². The third kappa shape index (κ3) is 9.33. The number of carbonyl (C=O) groups is 2. The van der Waals surface area contributed by atoms with Gasteiger partial charge in [-0.1, -0.05) is 6.07 Å². The topological polar surface area (TPSA) is 226 Å². The number of anilines is 3. The summed E-state index contributed by atoms with van der Waals surface area (Å²) >= 11 is 0. The highest BCUT2D eigenvalue weighted by Gasteiger charge is 2.13. The van der Waals surface area contributed by atoms with Gasteiger partial charge in [0.25, 0.3) is 11.4 Å². The number of nitrogen functional groups attached to an aromatic ring is 3. The minimum Gasteiger partial charge on any atom is -0.486 e. The summed E-state index contributed by atoms with van der Waals surface area (Å²) in [6.45, 7) is 0.901. The number of carbonyl (C=O) groups excluding carboxylic acids is 2. The average molecular weight is 527 g/mol. The minimum atomic E-state index is -0.592. The number of nitro groups is 2. The van der Waals surface area contributed by atoms with Crippen molar-refractivity contribution in [1.29, 1.82) is 0 Å². The van der Waals surface area contributed by atoms with Gasteiger partial charge in [0.05, 0.1) is 39.8 Å². The Kier molecular flexibility index (Phi) is 10.3. The lowest BCUT2D eigenvalue weighted by Gasteiger charge is -2.11. The highest BCUT2D eigenvalue weighted by molar-refractivity contribution is 5.98. The molecule has 0 spiro atoms. The van der Waals surface area contributed by atoms with Gasteiger partial charge in [-0.25, -0.2) is 0 Å². The van der Waals surface area contributed by atoms with Crippen molar-refractivity contribution in [1.82, 2.24) is 0 Å². The first kappa shape index (κ1) is 28.8. The number of hydrogen-bond acceptors (Lipinski definition) is 12. The number of nitro benzene ring substituents is 2. The van der Waals surface area contributed by atoms with Crippen LogP contribution < -0.4 is 31.4 Å². The maximum Gasteiger partial charge on any atom is 0.273 e. The van der Waals surface area contributed by atoms with E-state index >= 15 is 0 Å². The van der Waals surface area contributed by atoms with Crippen molar-refractivity contribution in [3.05, 3.63) is 80.9 Å². The number of ether oxygens (including phenoxy) is 3. The molecule has 0 aliphatic carbocycles. The summed E-state index contributed by atoms with van der Waals surface area (Å²) in [5.74, 6) is 0.263. The van der Waals surface area contributed by atoms with Gasteiger partial charge in [0, 0.05) is 23.9 Å². The molecule has 200 valence electrons. The Hall–Kier alpha value is -5.40. The molecule has 0 aliphatic heterocycles. The van der Waals surface area contributed by atoms with E-state index in [9.17, 15) is 29.8 Å². The van der Waals surface area contributed by atoms with Crippen molar-refractivity contribution in [2.24, 2.45) is 0 Å². The zero-order valence-electron chi connectivity index (χ0n) is 20.2. The van der Waals surface area contributed by atoms with Crippen LogP contribution in [0.5, 0.6) is 17.2 Å². The van der Waals surface area contributed by atoms with Crippen LogP contribution in [0.1, 0.15) is 13.3 Å². The van der Waals surface area contributed by atoms with Crippen LogP contribution in [-0.2, 0) is 9.59 Å². The first-order valence-electron chi connectivity index (χ1n) is 10.8. The van der Waals surface area contributed by atoms with Crippen LogP contribution in [0.4, 0.5) is 28.4 Å². The molecule has 14 nitrogen and oxygen atoms in total. The Morgan fingerprint density at radius 2 is 1.32 bits per heavy atom. The van der Waals surface area contributed by atoms with E-state index in [-0.39, 0.29) is 65.6 Å². The van der Waals surface area contributed by atoms with E-state index < -0.39 is 9.85 Å². The predicted molar refractivity (Wildman–Crippen MR) is 138 cm³/mol. The average Bonchev–Trinajstić information content (AvgIpc) is 2.85. The van der Waals surface area contributed by atoms with Gasteiger partial charge < -0.3 is 31.4 Å². The number of benzene rings is 3. The van der Waals surface area contributed by atoms with Crippen LogP contribution in [-0.4, -0.2) is 34.8 Å². The van der Waals surface area contributed by atoms with Gasteiger partial charge in [-0.2, -0.15) is 0 Å². The SMILES string of the molecule is CC(=O)CC(=O)COc1cccc(N)c1.Nc1ccc([N+](=O)[O-])cc1OCOc1cc([N+](=O)[O-])ccc1N. The molecule has 0 aliphatic rings. The van der Waals surface area contributed by atoms with E-state index in [2.05, 4.69) is 0 Å². The lowest BCUT2D eigenvalue weighted by Crippen LogP contribution is -2.14. The highest BCUT2D eigenvalue weighted by Crippen LogP contribution is 2.29. The quantitative estimate of drug-likeness (QED) is 0.107. The Morgan fingerprint density at radius 3 is 1.76 bits per heavy atom. The molecule has 3 aromatic carbocycles. The van der Waals surface area contributed by atoms with Crippen molar-refractivity contribution >= 4 is 40.0 Å². The number of Topliss-reactive ketones (excluding diaryl/α,β-unsaturated/α-hetero) is 2. The normalized spacial score (nSPS) is 9.92. The Morgan fingerprint density at radius 1 is 0.789 bits per heavy atom. The van der Waals surface area contributed by atoms with Crippen LogP contribution in [0.3, 0.4) is 0 Å². The van der Waals surface area contributed by atoms with E-state index in [1.54, 1.807) is 24.3 Å². The van der Waals surface area contributed by atoms with Crippen LogP contribution in [0, 0.1) is 20.2 Å². The van der Waals surface area contributed by atoms with Crippen LogP contribution in [0.2, 0.25) is 0 Å². The maximum atomic E-state index is 11.1. The van der Waals surface area contributed by atoms with Gasteiger partial charge in [0.1, 0.15) is 18.1 Å². The molecule has 0 amide bonds. The molecule has 0 radical (unpaired) electrons. The van der Waals surface area contributed by atoms with Crippen molar-refractivity contribution in [2.75, 3.05) is 30.6 Å². The van der Waals surface area contributed by atoms with E-state index in [0.29, 0.717) is 11.4 Å². The summed E-state index contributed by atoms with van der Waals surface area (Å²) in [4.78, 5) is 42.0. The molecule has 0 heterocycles. The van der Waals surface area contributed by atoms with Crippen LogP contribution in [0.15, 0.2) is 60.7 Å². The first-order valence-corrected chi connectivity index (χ1v) is 10.8. The lowest BCUT2D eigenvalue weighted by atomic mass is 10.2. The third-order valence-electron chi connectivity index (χ3n) is 4.55. The number of ketones is 2. The lowest BCUT2D eigenvalue weighted by molar-refractivity contribution is -0.385. The van der Waals surface area contributed by atoms with E-state index in [1.165, 1.54) is 31.2 Å². The fourth-order valence-electron chi connectivity index (χ4n) is 2.78. The molecule has 0 saturated heterocycles. The summed E-state index contributed by atoms with van der Waals surface area (Å²) in [6.07, 6.45) is -0.0810. The summed E-state index contributed by atoms with van der Waals surface area (Å²) in [5, 5.41) is 21.4. The number of nitrogens with two attached hydrogens (primary N) is 3. The smallest absolute Gasteiger partial charge is 0.273 e. The Bertz CT molecular complexity index is 1270. The first-order chi connectivity index (χ1) is 18.0. The Balaban J connectivity index is 0.000000293. The molecule has 3 aromatic rings. The molecule has 0 saturated carbocycles. The molecule has 14 heteroatoms. The van der Waals surface area contributed by atoms with Crippen molar-refractivity contribution in [3.63, 3.8) is 0 Å². The predicted octanol–water partition coefficient (Wildman–Crippen LogP) is 3.28. The van der Waals surface area contributed by atoms with Gasteiger partial charge in [-0.15, -0.1) is 0 Å². The molecule has 0 unspecified atom stereocenters. The van der Waals surface area contributed by atoms with E-state index in [0.717, 1.165) is 12.1 Å². The number of non-ortho nitro benzene ring substituents is 2. The van der Waals surface area contributed by atoms with E-state index in [1.807, 2.05) is 0 Å². The maximum absolute atomic E-state index is 11.1. The van der Waals surface area contributed by atoms with Gasteiger partial charge in [-0.05, 0) is 31.2 Å². The molecule has 0 fully saturated rings. The van der Waals surface area contributed by atoms with Gasteiger partial charge >= 0.3 is 0 Å². The molecular weight excluding hydrogens is 502 g/mol. The monoisotopic (exact) mass is 527 g/mol. The molecule has 0 bridgehead atoms. The second-order valence-electron chi connectivity index (χ2n) is 7.64. The largest absolute Gasteiger partial charge is 0.486 e. The highest BCUT2D eigenvalue weighted by atomic mass is 16.7. The second-order valence-corrected chi connectivity index (χ2v) is 7.64. The van der Waals surface area contributed by atoms with Crippen molar-refractivity contribution in [3.8, 4) is 17.2 Å². The van der Waals surface area contributed by atoms with Crippen molar-refractivity contribution in [2.45, 2.75) is 13.3 Å². The fourth-order valence-corrected chi connectivity index (χ4v) is 2.78. The molecular formula is C24H25N5O9. The minimum absolute atomic E-state index is 0.0585. The second kappa shape index (κ2) is 13.6. The standard InChI is InChI=1S/C13H12N4O6.C11H13NO3/c14-10-3-1-8(16(18)19)5-12(10)22-7-23-13-6-9(17(20)21)2-4-11(13)15;1-8(13)5-10(14)7-15-11-4-2-3-9(12)6-11/h1-6H,7,14-15H2;2-4,6H,5,7,12H2,1H3. The fraction of sp³-hybridized carbons (Fsp3) is 0.167. The molecule has 6 N–H and O–H groups in total. The van der Waals surface area contributed by atoms with Crippen LogP contribution >= 0.6 is 0 Å². The number of hydrogen-bond donors (Lipinski definition) is 3. The Labute approximate surface area is 216 Å². The molecule has 0 atom stereocenters. The number of rotatable bonds is 11. The summed E-state index contributed by atoms with van der Waals surface area (Å²) < 4.78 is 15.6. The summed E-state index contributed by atoms with van der Waals surface area (Å²) in [6, 6.07) is 14.2. The molecule has 38 heavy (non-hydrogen) atoms. The zero-order chi connectivity index (χ0) is 28.2. The van der Waals surface area contributed by atoms with Gasteiger partial charge in [0.2, 0.25) is 6.79 Å². The summed E-state index contributed by atoms with van der Waals surface area (Å²) in [5.41, 5.74) is 17.4. The zero-order valence-corrected chi connectivity index (χ0v) is 20.2. The van der Waals surface area contributed by atoms with E-state index in [4.69, 9.17) is 31.4 Å².